The van der Waals surface area contributed by atoms with E-state index in [0.717, 1.165) is 52.9 Å². The molecule has 0 fully saturated rings. The van der Waals surface area contributed by atoms with Gasteiger partial charge in [0, 0.05) is 24.8 Å². The summed E-state index contributed by atoms with van der Waals surface area (Å²) in [7, 11) is 0. The van der Waals surface area contributed by atoms with Crippen molar-refractivity contribution in [1.29, 1.82) is 0 Å². The Morgan fingerprint density at radius 3 is 2.58 bits per heavy atom. The molecule has 0 saturated heterocycles. The summed E-state index contributed by atoms with van der Waals surface area (Å²) >= 11 is 1.00. The number of benzene rings is 2. The number of hydrogen-bond donors (Lipinski definition) is 3. The molecule has 0 aliphatic carbocycles. The summed E-state index contributed by atoms with van der Waals surface area (Å²) in [5.41, 5.74) is 4.62. The van der Waals surface area contributed by atoms with Crippen LogP contribution < -0.4 is 21.5 Å². The Balaban J connectivity index is 1.52. The molecule has 2 aromatic carbocycles. The largest absolute Gasteiger partial charge is 0.372 e. The Bertz CT molecular complexity index is 1120. The number of halogens is 2. The summed E-state index contributed by atoms with van der Waals surface area (Å²) in [5.74, 6) is 3.93. The van der Waals surface area contributed by atoms with E-state index in [1.54, 1.807) is 6.21 Å². The van der Waals surface area contributed by atoms with Gasteiger partial charge in [-0.15, -0.1) is 10.2 Å². The van der Waals surface area contributed by atoms with E-state index in [9.17, 15) is 13.6 Å². The van der Waals surface area contributed by atoms with Crippen LogP contribution in [-0.2, 0) is 4.79 Å². The van der Waals surface area contributed by atoms with E-state index in [-0.39, 0.29) is 22.5 Å². The van der Waals surface area contributed by atoms with E-state index in [1.165, 1.54) is 0 Å². The third-order valence-electron chi connectivity index (χ3n) is 4.60. The maximum atomic E-state index is 13.6. The number of carbonyl (C=O) groups is 1. The average molecular weight is 475 g/mol. The van der Waals surface area contributed by atoms with Gasteiger partial charge in [0.2, 0.25) is 11.1 Å². The fraction of sp³-hybridized carbons (Fsp3) is 0.238. The number of thioether (sulfide) groups is 1. The van der Waals surface area contributed by atoms with Gasteiger partial charge in [-0.1, -0.05) is 23.9 Å². The molecule has 0 aliphatic rings. The minimum Gasteiger partial charge on any atom is -0.372 e. The molecule has 0 radical (unpaired) electrons. The van der Waals surface area contributed by atoms with Gasteiger partial charge in [0.1, 0.15) is 11.6 Å². The molecule has 33 heavy (non-hydrogen) atoms. The molecule has 0 aliphatic heterocycles. The standard InChI is InChI=1S/C21H24F2N8OS/c1-3-30(4-2)16-8-5-14(6-9-16)12-25-27-20-28-29-21(31(20)24)33-13-19(32)26-18-10-7-15(22)11-17(18)23/h5-12H,3-4,13,24H2,1-2H3,(H,26,32)(H,27,28)/b25-12+. The Hall–Kier alpha value is -3.67. The van der Waals surface area contributed by atoms with Gasteiger partial charge in [-0.3, -0.25) is 4.79 Å². The highest BCUT2D eigenvalue weighted by Crippen LogP contribution is 2.19. The number of aromatic nitrogens is 3. The number of nitrogens with two attached hydrogens (primary N) is 1. The lowest BCUT2D eigenvalue weighted by molar-refractivity contribution is -0.113. The van der Waals surface area contributed by atoms with Gasteiger partial charge in [0.15, 0.2) is 0 Å². The second kappa shape index (κ2) is 11.3. The van der Waals surface area contributed by atoms with Crippen LogP contribution in [0.1, 0.15) is 19.4 Å². The molecule has 174 valence electrons. The second-order valence-electron chi connectivity index (χ2n) is 6.77. The molecule has 9 nitrogen and oxygen atoms in total. The molecule has 0 saturated carbocycles. The van der Waals surface area contributed by atoms with E-state index in [1.807, 2.05) is 24.3 Å². The van der Waals surface area contributed by atoms with Gasteiger partial charge >= 0.3 is 0 Å². The minimum absolute atomic E-state index is 0.103. The van der Waals surface area contributed by atoms with Crippen molar-refractivity contribution in [3.8, 4) is 0 Å². The Morgan fingerprint density at radius 2 is 1.91 bits per heavy atom. The van der Waals surface area contributed by atoms with Crippen molar-refractivity contribution in [3.63, 3.8) is 0 Å². The zero-order valence-electron chi connectivity index (χ0n) is 18.1. The maximum Gasteiger partial charge on any atom is 0.264 e. The predicted octanol–water partition coefficient (Wildman–Crippen LogP) is 3.29. The summed E-state index contributed by atoms with van der Waals surface area (Å²) < 4.78 is 27.7. The van der Waals surface area contributed by atoms with Crippen LogP contribution in [0.25, 0.3) is 0 Å². The van der Waals surface area contributed by atoms with Crippen LogP contribution >= 0.6 is 11.8 Å². The molecule has 0 unspecified atom stereocenters. The first kappa shape index (κ1) is 24.0. The highest BCUT2D eigenvalue weighted by Gasteiger charge is 2.13. The zero-order chi connectivity index (χ0) is 23.8. The smallest absolute Gasteiger partial charge is 0.264 e. The first-order valence-electron chi connectivity index (χ1n) is 10.1. The van der Waals surface area contributed by atoms with Gasteiger partial charge in [-0.25, -0.2) is 18.9 Å². The molecule has 12 heteroatoms. The minimum atomic E-state index is -0.859. The van der Waals surface area contributed by atoms with Gasteiger partial charge in [-0.05, 0) is 43.7 Å². The Labute approximate surface area is 194 Å². The highest BCUT2D eigenvalue weighted by atomic mass is 32.2. The maximum absolute atomic E-state index is 13.6. The molecule has 4 N–H and O–H groups in total. The third kappa shape index (κ3) is 6.42. The molecule has 0 bridgehead atoms. The van der Waals surface area contributed by atoms with E-state index in [2.05, 4.69) is 44.8 Å². The summed E-state index contributed by atoms with van der Waals surface area (Å²) in [6.45, 7) is 6.08. The van der Waals surface area contributed by atoms with Crippen LogP contribution in [0.3, 0.4) is 0 Å². The van der Waals surface area contributed by atoms with Crippen molar-refractivity contribution < 1.29 is 13.6 Å². The Kier molecular flexibility index (Phi) is 8.19. The van der Waals surface area contributed by atoms with E-state index >= 15 is 0 Å². The quantitative estimate of drug-likeness (QED) is 0.179. The topological polar surface area (TPSA) is 113 Å². The first-order chi connectivity index (χ1) is 15.9. The molecule has 0 spiro atoms. The van der Waals surface area contributed by atoms with E-state index in [0.29, 0.717) is 6.07 Å². The molecule has 1 amide bonds. The van der Waals surface area contributed by atoms with Crippen LogP contribution in [0.5, 0.6) is 0 Å². The van der Waals surface area contributed by atoms with Crippen molar-refractivity contribution in [2.75, 3.05) is 40.3 Å². The number of hydrogen-bond acceptors (Lipinski definition) is 8. The summed E-state index contributed by atoms with van der Waals surface area (Å²) in [6, 6.07) is 10.9. The van der Waals surface area contributed by atoms with Crippen LogP contribution in [-0.4, -0.2) is 45.8 Å². The van der Waals surface area contributed by atoms with Gasteiger partial charge in [0.25, 0.3) is 5.95 Å². The number of amides is 1. The number of carbonyl (C=O) groups excluding carboxylic acids is 1. The van der Waals surface area contributed by atoms with E-state index < -0.39 is 17.5 Å². The van der Waals surface area contributed by atoms with Gasteiger partial charge in [-0.2, -0.15) is 5.10 Å². The molecular weight excluding hydrogens is 450 g/mol. The van der Waals surface area contributed by atoms with Crippen molar-refractivity contribution in [1.82, 2.24) is 14.9 Å². The fourth-order valence-corrected chi connectivity index (χ4v) is 3.54. The number of nitrogen functional groups attached to an aromatic ring is 1. The molecular formula is C21H24F2N8OS. The lowest BCUT2D eigenvalue weighted by Gasteiger charge is -2.20. The number of hydrazone groups is 1. The second-order valence-corrected chi connectivity index (χ2v) is 7.71. The third-order valence-corrected chi connectivity index (χ3v) is 5.55. The van der Waals surface area contributed by atoms with E-state index in [4.69, 9.17) is 5.84 Å². The molecule has 0 atom stereocenters. The summed E-state index contributed by atoms with van der Waals surface area (Å²) in [4.78, 5) is 14.3. The predicted molar refractivity (Wildman–Crippen MR) is 127 cm³/mol. The highest BCUT2D eigenvalue weighted by molar-refractivity contribution is 7.99. The summed E-state index contributed by atoms with van der Waals surface area (Å²) in [5, 5.41) is 14.5. The van der Waals surface area contributed by atoms with Crippen LogP contribution in [0.2, 0.25) is 0 Å². The fourth-order valence-electron chi connectivity index (χ4n) is 2.88. The van der Waals surface area contributed by atoms with Crippen molar-refractivity contribution in [3.05, 3.63) is 59.7 Å². The van der Waals surface area contributed by atoms with Crippen molar-refractivity contribution >= 4 is 41.2 Å². The Morgan fingerprint density at radius 1 is 1.18 bits per heavy atom. The average Bonchev–Trinajstić information content (AvgIpc) is 3.15. The monoisotopic (exact) mass is 474 g/mol. The number of anilines is 3. The first-order valence-corrected chi connectivity index (χ1v) is 11.1. The summed E-state index contributed by atoms with van der Waals surface area (Å²) in [6.07, 6.45) is 1.62. The zero-order valence-corrected chi connectivity index (χ0v) is 18.9. The van der Waals surface area contributed by atoms with Crippen LogP contribution in [0, 0.1) is 11.6 Å². The number of nitrogens with zero attached hydrogens (tertiary/aromatic N) is 5. The number of nitrogens with one attached hydrogen (secondary N) is 2. The lowest BCUT2D eigenvalue weighted by Crippen LogP contribution is -2.21. The van der Waals surface area contributed by atoms with Gasteiger partial charge in [0.05, 0.1) is 17.7 Å². The molecule has 1 heterocycles. The van der Waals surface area contributed by atoms with Gasteiger partial charge < -0.3 is 16.1 Å². The van der Waals surface area contributed by atoms with Crippen LogP contribution in [0.4, 0.5) is 26.1 Å². The number of rotatable bonds is 10. The van der Waals surface area contributed by atoms with Crippen LogP contribution in [0.15, 0.2) is 52.7 Å². The normalized spacial score (nSPS) is 11.0. The lowest BCUT2D eigenvalue weighted by atomic mass is 10.2. The molecule has 3 rings (SSSR count). The molecule has 3 aromatic rings. The SMILES string of the molecule is CCN(CC)c1ccc(/C=N/Nc2nnc(SCC(=O)Nc3ccc(F)cc3F)n2N)cc1. The molecule has 1 aromatic heterocycles. The van der Waals surface area contributed by atoms with Crippen molar-refractivity contribution in [2.45, 2.75) is 19.0 Å². The van der Waals surface area contributed by atoms with Crippen molar-refractivity contribution in [2.24, 2.45) is 5.10 Å².